The smallest absolute Gasteiger partial charge is 0.193 e. The molecule has 2 aliphatic rings. The van der Waals surface area contributed by atoms with E-state index in [0.717, 1.165) is 44.5 Å². The van der Waals surface area contributed by atoms with Crippen LogP contribution in [0.1, 0.15) is 26.2 Å². The summed E-state index contributed by atoms with van der Waals surface area (Å²) in [5.74, 6) is 3.07. The third-order valence-electron chi connectivity index (χ3n) is 5.86. The Morgan fingerprint density at radius 1 is 1.13 bits per heavy atom. The molecule has 1 aromatic rings. The molecule has 3 rings (SSSR count). The van der Waals surface area contributed by atoms with Crippen molar-refractivity contribution in [2.75, 3.05) is 71.7 Å². The van der Waals surface area contributed by atoms with Crippen molar-refractivity contribution in [2.24, 2.45) is 10.9 Å². The van der Waals surface area contributed by atoms with Gasteiger partial charge < -0.3 is 20.0 Å². The Labute approximate surface area is 205 Å². The van der Waals surface area contributed by atoms with Gasteiger partial charge in [0.05, 0.1) is 0 Å². The average Bonchev–Trinajstić information content (AvgIpc) is 3.12. The van der Waals surface area contributed by atoms with Gasteiger partial charge in [-0.3, -0.25) is 4.99 Å². The quantitative estimate of drug-likeness (QED) is 0.177. The van der Waals surface area contributed by atoms with E-state index in [1.165, 1.54) is 56.2 Å². The minimum Gasteiger partial charge on any atom is -0.357 e. The fraction of sp³-hybridized carbons (Fsp3) is 0.696. The predicted octanol–water partition coefficient (Wildman–Crippen LogP) is 3.71. The van der Waals surface area contributed by atoms with E-state index in [-0.39, 0.29) is 24.0 Å². The van der Waals surface area contributed by atoms with Crippen molar-refractivity contribution >= 4 is 41.7 Å². The molecule has 2 aliphatic heterocycles. The van der Waals surface area contributed by atoms with Crippen LogP contribution >= 0.6 is 35.7 Å². The van der Waals surface area contributed by atoms with Gasteiger partial charge in [0, 0.05) is 49.9 Å². The molecule has 1 N–H and O–H groups in total. The molecule has 0 aromatic heterocycles. The van der Waals surface area contributed by atoms with E-state index in [1.807, 2.05) is 11.8 Å². The van der Waals surface area contributed by atoms with Gasteiger partial charge in [-0.2, -0.15) is 0 Å². The molecule has 1 aromatic carbocycles. The normalized spacial score (nSPS) is 21.3. The van der Waals surface area contributed by atoms with Crippen molar-refractivity contribution in [3.05, 3.63) is 30.3 Å². The lowest BCUT2D eigenvalue weighted by atomic mass is 10.2. The molecule has 1 unspecified atom stereocenters. The summed E-state index contributed by atoms with van der Waals surface area (Å²) in [4.78, 5) is 13.9. The summed E-state index contributed by atoms with van der Waals surface area (Å²) in [7, 11) is 2.23. The van der Waals surface area contributed by atoms with Crippen LogP contribution in [0, 0.1) is 5.92 Å². The van der Waals surface area contributed by atoms with Gasteiger partial charge >= 0.3 is 0 Å². The lowest BCUT2D eigenvalue weighted by Gasteiger charge is -2.22. The maximum atomic E-state index is 4.96. The van der Waals surface area contributed by atoms with Crippen molar-refractivity contribution in [3.8, 4) is 0 Å². The van der Waals surface area contributed by atoms with Gasteiger partial charge in [-0.15, -0.1) is 35.7 Å². The first kappa shape index (κ1) is 25.7. The monoisotopic (exact) mass is 545 g/mol. The molecule has 0 aliphatic carbocycles. The molecule has 5 nitrogen and oxygen atoms in total. The highest BCUT2D eigenvalue weighted by atomic mass is 127. The van der Waals surface area contributed by atoms with Crippen molar-refractivity contribution in [3.63, 3.8) is 0 Å². The second kappa shape index (κ2) is 14.5. The average molecular weight is 546 g/mol. The van der Waals surface area contributed by atoms with Gasteiger partial charge in [-0.25, -0.2) is 0 Å². The minimum atomic E-state index is 0. The largest absolute Gasteiger partial charge is 0.357 e. The fourth-order valence-corrected chi connectivity index (χ4v) is 5.17. The van der Waals surface area contributed by atoms with E-state index in [4.69, 9.17) is 4.99 Å². The fourth-order valence-electron chi connectivity index (χ4n) is 4.12. The lowest BCUT2D eigenvalue weighted by molar-refractivity contribution is 0.275. The number of hydrogen-bond acceptors (Lipinski definition) is 4. The number of rotatable bonds is 8. The Morgan fingerprint density at radius 2 is 1.97 bits per heavy atom. The first-order valence-corrected chi connectivity index (χ1v) is 12.3. The zero-order chi connectivity index (χ0) is 20.3. The Hall–Kier alpha value is -0.510. The molecule has 7 heteroatoms. The maximum Gasteiger partial charge on any atom is 0.193 e. The van der Waals surface area contributed by atoms with Crippen molar-refractivity contribution < 1.29 is 0 Å². The second-order valence-electron chi connectivity index (χ2n) is 8.31. The molecule has 0 spiro atoms. The molecular weight excluding hydrogens is 505 g/mol. The number of benzene rings is 1. The van der Waals surface area contributed by atoms with Crippen molar-refractivity contribution in [1.29, 1.82) is 0 Å². The molecule has 0 radical (unpaired) electrons. The highest BCUT2D eigenvalue weighted by Crippen LogP contribution is 2.25. The third-order valence-corrected chi connectivity index (χ3v) is 7.10. The molecular formula is C23H40IN5S. The lowest BCUT2D eigenvalue weighted by Crippen LogP contribution is -2.40. The van der Waals surface area contributed by atoms with Crippen LogP contribution in [0.2, 0.25) is 0 Å². The summed E-state index contributed by atoms with van der Waals surface area (Å²) in [5, 5.41) is 3.52. The number of aliphatic imine (C=N–C) groups is 1. The van der Waals surface area contributed by atoms with Gasteiger partial charge in [0.15, 0.2) is 5.96 Å². The molecule has 2 heterocycles. The maximum absolute atomic E-state index is 4.96. The Balaban J connectivity index is 0.00000320. The molecule has 0 bridgehead atoms. The van der Waals surface area contributed by atoms with Crippen LogP contribution in [0.5, 0.6) is 0 Å². The topological polar surface area (TPSA) is 34.1 Å². The summed E-state index contributed by atoms with van der Waals surface area (Å²) in [6.07, 6.45) is 3.71. The number of nitrogens with zero attached hydrogens (tertiary/aromatic N) is 4. The van der Waals surface area contributed by atoms with Crippen LogP contribution in [0.15, 0.2) is 40.2 Å². The molecule has 2 saturated heterocycles. The first-order valence-electron chi connectivity index (χ1n) is 11.4. The highest BCUT2D eigenvalue weighted by molar-refractivity contribution is 14.0. The van der Waals surface area contributed by atoms with E-state index in [2.05, 4.69) is 64.3 Å². The molecule has 0 saturated carbocycles. The third kappa shape index (κ3) is 8.93. The van der Waals surface area contributed by atoms with Gasteiger partial charge in [0.2, 0.25) is 0 Å². The minimum absolute atomic E-state index is 0. The molecule has 2 fully saturated rings. The molecule has 1 atom stereocenters. The van der Waals surface area contributed by atoms with Crippen LogP contribution in [0.3, 0.4) is 0 Å². The van der Waals surface area contributed by atoms with E-state index in [9.17, 15) is 0 Å². The standard InChI is InChI=1S/C23H39N5S.HI/c1-3-24-23(25-12-7-14-27-15-8-13-26(2)17-18-27)28-16-11-21(19-28)20-29-22-9-5-4-6-10-22;/h4-6,9-10,21H,3,7-8,11-20H2,1-2H3,(H,24,25);1H. The summed E-state index contributed by atoms with van der Waals surface area (Å²) in [6, 6.07) is 10.8. The number of likely N-dealkylation sites (tertiary alicyclic amines) is 1. The van der Waals surface area contributed by atoms with E-state index in [1.54, 1.807) is 0 Å². The van der Waals surface area contributed by atoms with Gasteiger partial charge in [-0.05, 0) is 70.9 Å². The summed E-state index contributed by atoms with van der Waals surface area (Å²) in [5.41, 5.74) is 0. The van der Waals surface area contributed by atoms with Crippen LogP contribution in [0.4, 0.5) is 0 Å². The van der Waals surface area contributed by atoms with Gasteiger partial charge in [-0.1, -0.05) is 18.2 Å². The zero-order valence-electron chi connectivity index (χ0n) is 18.8. The van der Waals surface area contributed by atoms with Gasteiger partial charge in [0.25, 0.3) is 0 Å². The molecule has 30 heavy (non-hydrogen) atoms. The second-order valence-corrected chi connectivity index (χ2v) is 9.41. The zero-order valence-corrected chi connectivity index (χ0v) is 21.9. The Morgan fingerprint density at radius 3 is 2.77 bits per heavy atom. The summed E-state index contributed by atoms with van der Waals surface area (Å²) in [6.45, 7) is 12.3. The van der Waals surface area contributed by atoms with Crippen LogP contribution in [-0.4, -0.2) is 92.4 Å². The van der Waals surface area contributed by atoms with E-state index in [0.29, 0.717) is 0 Å². The molecule has 170 valence electrons. The number of halogens is 1. The number of hydrogen-bond donors (Lipinski definition) is 1. The highest BCUT2D eigenvalue weighted by Gasteiger charge is 2.24. The van der Waals surface area contributed by atoms with Crippen molar-refractivity contribution in [1.82, 2.24) is 20.0 Å². The Kier molecular flexibility index (Phi) is 12.5. The van der Waals surface area contributed by atoms with Gasteiger partial charge in [0.1, 0.15) is 0 Å². The predicted molar refractivity (Wildman–Crippen MR) is 141 cm³/mol. The SMILES string of the molecule is CCNC(=NCCCN1CCCN(C)CC1)N1CCC(CSc2ccccc2)C1.I. The molecule has 0 amide bonds. The summed E-state index contributed by atoms with van der Waals surface area (Å²) >= 11 is 1.99. The Bertz CT molecular complexity index is 615. The first-order chi connectivity index (χ1) is 14.2. The van der Waals surface area contributed by atoms with Crippen molar-refractivity contribution in [2.45, 2.75) is 31.1 Å². The van der Waals surface area contributed by atoms with Crippen LogP contribution in [-0.2, 0) is 0 Å². The van der Waals surface area contributed by atoms with Crippen LogP contribution in [0.25, 0.3) is 0 Å². The van der Waals surface area contributed by atoms with E-state index >= 15 is 0 Å². The number of nitrogens with one attached hydrogen (secondary N) is 1. The van der Waals surface area contributed by atoms with E-state index < -0.39 is 0 Å². The number of thioether (sulfide) groups is 1. The number of guanidine groups is 1. The summed E-state index contributed by atoms with van der Waals surface area (Å²) < 4.78 is 0. The number of likely N-dealkylation sites (N-methyl/N-ethyl adjacent to an activating group) is 1. The van der Waals surface area contributed by atoms with Crippen LogP contribution < -0.4 is 5.32 Å².